The van der Waals surface area contributed by atoms with Crippen LogP contribution in [0.4, 0.5) is 4.79 Å². The van der Waals surface area contributed by atoms with E-state index in [9.17, 15) is 13.8 Å². The van der Waals surface area contributed by atoms with Gasteiger partial charge in [0.15, 0.2) is 0 Å². The number of rotatable bonds is 5. The topological polar surface area (TPSA) is 83.7 Å². The van der Waals surface area contributed by atoms with Gasteiger partial charge in [0.25, 0.3) is 0 Å². The number of piperazine rings is 1. The van der Waals surface area contributed by atoms with E-state index in [-0.39, 0.29) is 11.7 Å². The van der Waals surface area contributed by atoms with Gasteiger partial charge in [0.05, 0.1) is 0 Å². The quantitative estimate of drug-likeness (QED) is 0.845. The van der Waals surface area contributed by atoms with Crippen LogP contribution in [0, 0.1) is 0 Å². The lowest BCUT2D eigenvalue weighted by atomic mass is 10.1. The average Bonchev–Trinajstić information content (AvgIpc) is 3.16. The molecule has 1 aliphatic rings. The summed E-state index contributed by atoms with van der Waals surface area (Å²) in [5.41, 5.74) is 8.43. The Morgan fingerprint density at radius 2 is 1.81 bits per heavy atom. The van der Waals surface area contributed by atoms with Crippen LogP contribution in [-0.4, -0.2) is 57.9 Å². The molecule has 1 saturated heterocycles. The number of primary amides is 1. The summed E-state index contributed by atoms with van der Waals surface area (Å²) >= 11 is 1.64. The summed E-state index contributed by atoms with van der Waals surface area (Å²) in [7, 11) is -1.27. The number of carbonyl (C=O) groups is 2. The van der Waals surface area contributed by atoms with Crippen molar-refractivity contribution in [2.45, 2.75) is 5.75 Å². The van der Waals surface area contributed by atoms with Crippen LogP contribution < -0.4 is 5.73 Å². The first kappa shape index (κ1) is 18.6. The highest BCUT2D eigenvalue weighted by atomic mass is 32.2. The van der Waals surface area contributed by atoms with Crippen molar-refractivity contribution in [3.8, 4) is 11.1 Å². The maximum atomic E-state index is 12.4. The second kappa shape index (κ2) is 8.46. The number of thiophene rings is 1. The summed E-state index contributed by atoms with van der Waals surface area (Å²) in [6.45, 7) is 1.73. The molecule has 0 spiro atoms. The van der Waals surface area contributed by atoms with Crippen LogP contribution in [0.2, 0.25) is 0 Å². The van der Waals surface area contributed by atoms with E-state index in [2.05, 4.69) is 11.4 Å². The van der Waals surface area contributed by atoms with E-state index in [0.29, 0.717) is 31.9 Å². The van der Waals surface area contributed by atoms with E-state index >= 15 is 0 Å². The zero-order chi connectivity index (χ0) is 18.5. The molecule has 2 heterocycles. The molecule has 2 aromatic rings. The smallest absolute Gasteiger partial charge is 0.314 e. The van der Waals surface area contributed by atoms with Crippen LogP contribution in [-0.2, 0) is 21.3 Å². The Bertz CT molecular complexity index is 800. The van der Waals surface area contributed by atoms with Gasteiger partial charge in [-0.15, -0.1) is 0 Å². The summed E-state index contributed by atoms with van der Waals surface area (Å²) in [5, 5.41) is 4.10. The van der Waals surface area contributed by atoms with Crippen LogP contribution in [0.3, 0.4) is 0 Å². The van der Waals surface area contributed by atoms with Crippen molar-refractivity contribution < 1.29 is 13.8 Å². The molecule has 26 heavy (non-hydrogen) atoms. The van der Waals surface area contributed by atoms with E-state index < -0.39 is 16.8 Å². The van der Waals surface area contributed by atoms with Crippen LogP contribution in [0.25, 0.3) is 11.1 Å². The minimum Gasteiger partial charge on any atom is -0.351 e. The first-order valence-corrected chi connectivity index (χ1v) is 10.7. The summed E-state index contributed by atoms with van der Waals surface area (Å²) in [6.07, 6.45) is 0. The minimum absolute atomic E-state index is 0.000744. The fraction of sp³-hybridized carbons (Fsp3) is 0.333. The summed E-state index contributed by atoms with van der Waals surface area (Å²) in [5.74, 6) is 0.214. The summed E-state index contributed by atoms with van der Waals surface area (Å²) < 4.78 is 12.4. The lowest BCUT2D eigenvalue weighted by Gasteiger charge is -2.33. The Hall–Kier alpha value is -2.19. The molecule has 6 nitrogen and oxygen atoms in total. The number of hydrogen-bond donors (Lipinski definition) is 1. The van der Waals surface area contributed by atoms with Gasteiger partial charge >= 0.3 is 6.03 Å². The Labute approximate surface area is 159 Å². The zero-order valence-corrected chi connectivity index (χ0v) is 15.9. The van der Waals surface area contributed by atoms with E-state index in [0.717, 1.165) is 16.7 Å². The van der Waals surface area contributed by atoms with Crippen LogP contribution in [0.1, 0.15) is 5.56 Å². The molecule has 1 fully saturated rings. The van der Waals surface area contributed by atoms with E-state index in [1.807, 2.05) is 29.6 Å². The van der Waals surface area contributed by atoms with Gasteiger partial charge in [0.1, 0.15) is 5.75 Å². The average molecular weight is 392 g/mol. The second-order valence-corrected chi connectivity index (χ2v) is 8.38. The first-order valence-electron chi connectivity index (χ1n) is 8.31. The third-order valence-corrected chi connectivity index (χ3v) is 6.25. The molecule has 1 aromatic heterocycles. The van der Waals surface area contributed by atoms with Gasteiger partial charge in [0, 0.05) is 42.7 Å². The molecule has 0 saturated carbocycles. The normalized spacial score (nSPS) is 15.7. The second-order valence-electron chi connectivity index (χ2n) is 6.15. The molecule has 1 aliphatic heterocycles. The molecular weight excluding hydrogens is 370 g/mol. The number of urea groups is 1. The monoisotopic (exact) mass is 391 g/mol. The van der Waals surface area contributed by atoms with Gasteiger partial charge in [-0.2, -0.15) is 11.3 Å². The van der Waals surface area contributed by atoms with E-state index in [4.69, 9.17) is 5.73 Å². The van der Waals surface area contributed by atoms with Gasteiger partial charge in [-0.1, -0.05) is 24.3 Å². The van der Waals surface area contributed by atoms with Gasteiger partial charge in [-0.05, 0) is 33.5 Å². The van der Waals surface area contributed by atoms with Crippen molar-refractivity contribution in [1.82, 2.24) is 9.80 Å². The van der Waals surface area contributed by atoms with Crippen LogP contribution >= 0.6 is 11.3 Å². The van der Waals surface area contributed by atoms with Gasteiger partial charge in [-0.3, -0.25) is 9.00 Å². The molecule has 3 rings (SSSR count). The van der Waals surface area contributed by atoms with Gasteiger partial charge in [0.2, 0.25) is 5.91 Å². The molecular formula is C18H21N3O3S2. The number of carbonyl (C=O) groups excluding carboxylic acids is 2. The Kier molecular flexibility index (Phi) is 6.05. The predicted octanol–water partition coefficient (Wildman–Crippen LogP) is 1.89. The SMILES string of the molecule is NC(=O)N1CCN(C(=O)CS(=O)Cc2cccc(-c3ccsc3)c2)CC1. The third kappa shape index (κ3) is 4.70. The standard InChI is InChI=1S/C18H21N3O3S2/c19-18(23)21-7-5-20(6-8-21)17(22)13-26(24)12-14-2-1-3-15(10-14)16-4-9-25-11-16/h1-4,9-11H,5-8,12-13H2,(H2,19,23). The Balaban J connectivity index is 1.54. The number of nitrogens with zero attached hydrogens (tertiary/aromatic N) is 2. The Morgan fingerprint density at radius 3 is 2.46 bits per heavy atom. The van der Waals surface area contributed by atoms with Crippen molar-refractivity contribution in [3.05, 3.63) is 46.7 Å². The van der Waals surface area contributed by atoms with Crippen LogP contribution in [0.15, 0.2) is 41.1 Å². The molecule has 1 aromatic carbocycles. The minimum atomic E-state index is -1.27. The molecule has 1 unspecified atom stereocenters. The third-order valence-electron chi connectivity index (χ3n) is 4.34. The fourth-order valence-electron chi connectivity index (χ4n) is 2.91. The maximum Gasteiger partial charge on any atom is 0.314 e. The van der Waals surface area contributed by atoms with E-state index in [1.54, 1.807) is 16.2 Å². The van der Waals surface area contributed by atoms with Crippen LogP contribution in [0.5, 0.6) is 0 Å². The van der Waals surface area contributed by atoms with Crippen molar-refractivity contribution >= 4 is 34.1 Å². The molecule has 138 valence electrons. The molecule has 0 bridgehead atoms. The molecule has 8 heteroatoms. The summed E-state index contributed by atoms with van der Waals surface area (Å²) in [4.78, 5) is 26.6. The summed E-state index contributed by atoms with van der Waals surface area (Å²) in [6, 6.07) is 9.52. The maximum absolute atomic E-state index is 12.4. The zero-order valence-electron chi connectivity index (χ0n) is 14.3. The van der Waals surface area contributed by atoms with E-state index in [1.165, 1.54) is 4.90 Å². The molecule has 0 aliphatic carbocycles. The largest absolute Gasteiger partial charge is 0.351 e. The lowest BCUT2D eigenvalue weighted by Crippen LogP contribution is -2.52. The fourth-order valence-corrected chi connectivity index (χ4v) is 4.69. The molecule has 1 atom stereocenters. The molecule has 2 N–H and O–H groups in total. The first-order chi connectivity index (χ1) is 12.5. The predicted molar refractivity (Wildman–Crippen MR) is 104 cm³/mol. The highest BCUT2D eigenvalue weighted by Crippen LogP contribution is 2.23. The number of hydrogen-bond acceptors (Lipinski definition) is 4. The lowest BCUT2D eigenvalue weighted by molar-refractivity contribution is -0.129. The molecule has 3 amide bonds. The van der Waals surface area contributed by atoms with Crippen molar-refractivity contribution in [2.75, 3.05) is 31.9 Å². The van der Waals surface area contributed by atoms with Gasteiger partial charge < -0.3 is 15.5 Å². The van der Waals surface area contributed by atoms with Gasteiger partial charge in [-0.25, -0.2) is 4.79 Å². The highest BCUT2D eigenvalue weighted by molar-refractivity contribution is 7.84. The number of amides is 3. The Morgan fingerprint density at radius 1 is 1.08 bits per heavy atom. The molecule has 0 radical (unpaired) electrons. The van der Waals surface area contributed by atoms with Crippen molar-refractivity contribution in [1.29, 1.82) is 0 Å². The number of benzene rings is 1. The van der Waals surface area contributed by atoms with Crippen molar-refractivity contribution in [3.63, 3.8) is 0 Å². The number of nitrogens with two attached hydrogens (primary N) is 1. The van der Waals surface area contributed by atoms with Crippen molar-refractivity contribution in [2.24, 2.45) is 5.73 Å². The highest BCUT2D eigenvalue weighted by Gasteiger charge is 2.23.